The highest BCUT2D eigenvalue weighted by Crippen LogP contribution is 2.43. The Morgan fingerprint density at radius 1 is 1.15 bits per heavy atom. The molecule has 3 aliphatic rings. The molecule has 3 nitrogen and oxygen atoms in total. The number of rotatable bonds is 5. The molecule has 1 aliphatic carbocycles. The third kappa shape index (κ3) is 3.37. The van der Waals surface area contributed by atoms with E-state index in [1.165, 1.54) is 64.5 Å². The van der Waals surface area contributed by atoms with Crippen LogP contribution in [0.4, 0.5) is 0 Å². The van der Waals surface area contributed by atoms with Crippen molar-refractivity contribution in [2.45, 2.75) is 89.0 Å². The van der Waals surface area contributed by atoms with E-state index >= 15 is 0 Å². The van der Waals surface area contributed by atoms with E-state index in [0.29, 0.717) is 17.7 Å². The highest BCUT2D eigenvalue weighted by Gasteiger charge is 2.43. The molecule has 1 N–H and O–H groups in total. The number of likely N-dealkylation sites (tertiary alicyclic amines) is 1. The predicted octanol–water partition coefficient (Wildman–Crippen LogP) is 2.94. The van der Waals surface area contributed by atoms with E-state index in [9.17, 15) is 0 Å². The summed E-state index contributed by atoms with van der Waals surface area (Å²) >= 11 is 0. The lowest BCUT2D eigenvalue weighted by Gasteiger charge is -2.30. The van der Waals surface area contributed by atoms with E-state index in [1.54, 1.807) is 0 Å². The second-order valence-electron chi connectivity index (χ2n) is 7.52. The van der Waals surface area contributed by atoms with Gasteiger partial charge in [-0.15, -0.1) is 0 Å². The van der Waals surface area contributed by atoms with Crippen molar-refractivity contribution in [3.05, 3.63) is 0 Å². The van der Waals surface area contributed by atoms with E-state index in [2.05, 4.69) is 24.1 Å². The number of hydrogen-bond donors (Lipinski definition) is 1. The first-order valence-corrected chi connectivity index (χ1v) is 8.82. The molecular formula is C17H32N2O. The summed E-state index contributed by atoms with van der Waals surface area (Å²) in [6.45, 7) is 8.07. The number of ether oxygens (including phenoxy) is 1. The van der Waals surface area contributed by atoms with E-state index < -0.39 is 0 Å². The second-order valence-corrected chi connectivity index (χ2v) is 7.52. The molecule has 2 heterocycles. The van der Waals surface area contributed by atoms with Crippen LogP contribution in [0.15, 0.2) is 0 Å². The normalized spacial score (nSPS) is 33.8. The van der Waals surface area contributed by atoms with Gasteiger partial charge in [0, 0.05) is 25.2 Å². The zero-order valence-corrected chi connectivity index (χ0v) is 13.4. The molecule has 2 aliphatic heterocycles. The van der Waals surface area contributed by atoms with Gasteiger partial charge in [-0.2, -0.15) is 0 Å². The molecule has 2 unspecified atom stereocenters. The van der Waals surface area contributed by atoms with Gasteiger partial charge in [0.15, 0.2) is 0 Å². The first-order valence-electron chi connectivity index (χ1n) is 8.82. The molecule has 3 rings (SSSR count). The van der Waals surface area contributed by atoms with E-state index in [1.807, 2.05) is 0 Å². The molecular weight excluding hydrogens is 248 g/mol. The maximum atomic E-state index is 6.48. The summed E-state index contributed by atoms with van der Waals surface area (Å²) in [5.41, 5.74) is 0.302. The van der Waals surface area contributed by atoms with E-state index in [4.69, 9.17) is 4.74 Å². The predicted molar refractivity (Wildman–Crippen MR) is 83.0 cm³/mol. The average Bonchev–Trinajstić information content (AvgIpc) is 3.12. The molecule has 0 bridgehead atoms. The molecule has 2 saturated heterocycles. The third-order valence-electron chi connectivity index (χ3n) is 5.55. The van der Waals surface area contributed by atoms with Gasteiger partial charge in [0.1, 0.15) is 0 Å². The van der Waals surface area contributed by atoms with Gasteiger partial charge < -0.3 is 10.1 Å². The van der Waals surface area contributed by atoms with Crippen LogP contribution in [0.1, 0.15) is 65.2 Å². The largest absolute Gasteiger partial charge is 0.370 e. The minimum absolute atomic E-state index is 0.302. The lowest BCUT2D eigenvalue weighted by Crippen LogP contribution is -2.43. The Bertz CT molecular complexity index is 312. The zero-order valence-electron chi connectivity index (χ0n) is 13.4. The first kappa shape index (κ1) is 14.8. The molecule has 116 valence electrons. The molecule has 0 radical (unpaired) electrons. The highest BCUT2D eigenvalue weighted by atomic mass is 16.5. The van der Waals surface area contributed by atoms with Crippen LogP contribution >= 0.6 is 0 Å². The summed E-state index contributed by atoms with van der Waals surface area (Å²) in [6, 6.07) is 1.34. The van der Waals surface area contributed by atoms with Crippen LogP contribution in [0.25, 0.3) is 0 Å². The molecule has 3 heteroatoms. The number of hydrogen-bond acceptors (Lipinski definition) is 3. The fourth-order valence-electron chi connectivity index (χ4n) is 4.41. The minimum atomic E-state index is 0.302. The van der Waals surface area contributed by atoms with Crippen molar-refractivity contribution in [1.82, 2.24) is 10.2 Å². The summed E-state index contributed by atoms with van der Waals surface area (Å²) in [5, 5.41) is 3.61. The summed E-state index contributed by atoms with van der Waals surface area (Å²) in [5.74, 6) is 0. The zero-order chi connectivity index (χ0) is 14.0. The van der Waals surface area contributed by atoms with Gasteiger partial charge in [-0.05, 0) is 45.1 Å². The quantitative estimate of drug-likeness (QED) is 0.838. The standard InChI is InChI=1S/C17H32N2O/c1-14(2)18-12-15-6-5-11-19(15)13-16-7-10-17(20-16)8-3-4-9-17/h14-16,18H,3-13H2,1-2H3. The van der Waals surface area contributed by atoms with Crippen molar-refractivity contribution in [3.8, 4) is 0 Å². The third-order valence-corrected chi connectivity index (χ3v) is 5.55. The lowest BCUT2D eigenvalue weighted by molar-refractivity contribution is -0.0483. The van der Waals surface area contributed by atoms with Crippen LogP contribution in [0.5, 0.6) is 0 Å². The fourth-order valence-corrected chi connectivity index (χ4v) is 4.41. The second kappa shape index (κ2) is 6.33. The maximum absolute atomic E-state index is 6.48. The van der Waals surface area contributed by atoms with Gasteiger partial charge in [-0.1, -0.05) is 26.7 Å². The van der Waals surface area contributed by atoms with Crippen molar-refractivity contribution < 1.29 is 4.74 Å². The summed E-state index contributed by atoms with van der Waals surface area (Å²) < 4.78 is 6.48. The number of nitrogens with zero attached hydrogens (tertiary/aromatic N) is 1. The SMILES string of the molecule is CC(C)NCC1CCCN1CC1CCC2(CCCC2)O1. The van der Waals surface area contributed by atoms with Crippen molar-refractivity contribution in [2.75, 3.05) is 19.6 Å². The molecule has 20 heavy (non-hydrogen) atoms. The lowest BCUT2D eigenvalue weighted by atomic mass is 9.98. The van der Waals surface area contributed by atoms with Crippen LogP contribution in [0.2, 0.25) is 0 Å². The Hall–Kier alpha value is -0.120. The molecule has 0 aromatic rings. The minimum Gasteiger partial charge on any atom is -0.370 e. The average molecular weight is 280 g/mol. The van der Waals surface area contributed by atoms with Crippen LogP contribution in [-0.4, -0.2) is 48.3 Å². The van der Waals surface area contributed by atoms with E-state index in [0.717, 1.165) is 12.6 Å². The molecule has 0 aromatic carbocycles. The van der Waals surface area contributed by atoms with Gasteiger partial charge in [-0.25, -0.2) is 0 Å². The van der Waals surface area contributed by atoms with Crippen molar-refractivity contribution in [3.63, 3.8) is 0 Å². The maximum Gasteiger partial charge on any atom is 0.0710 e. The Balaban J connectivity index is 1.47. The molecule has 3 fully saturated rings. The summed E-state index contributed by atoms with van der Waals surface area (Å²) in [6.07, 6.45) is 11.3. The van der Waals surface area contributed by atoms with Crippen molar-refractivity contribution in [1.29, 1.82) is 0 Å². The molecule has 0 amide bonds. The van der Waals surface area contributed by atoms with Crippen LogP contribution in [0.3, 0.4) is 0 Å². The van der Waals surface area contributed by atoms with Gasteiger partial charge in [0.05, 0.1) is 11.7 Å². The molecule has 1 saturated carbocycles. The van der Waals surface area contributed by atoms with Crippen LogP contribution < -0.4 is 5.32 Å². The van der Waals surface area contributed by atoms with E-state index in [-0.39, 0.29) is 0 Å². The molecule has 1 spiro atoms. The smallest absolute Gasteiger partial charge is 0.0710 e. The Kier molecular flexibility index (Phi) is 4.68. The molecule has 2 atom stereocenters. The molecule has 0 aromatic heterocycles. The van der Waals surface area contributed by atoms with Crippen LogP contribution in [-0.2, 0) is 4.74 Å². The monoisotopic (exact) mass is 280 g/mol. The Morgan fingerprint density at radius 3 is 2.70 bits per heavy atom. The summed E-state index contributed by atoms with van der Waals surface area (Å²) in [7, 11) is 0. The summed E-state index contributed by atoms with van der Waals surface area (Å²) in [4.78, 5) is 2.69. The highest BCUT2D eigenvalue weighted by molar-refractivity contribution is 4.94. The number of nitrogens with one attached hydrogen (secondary N) is 1. The van der Waals surface area contributed by atoms with Crippen molar-refractivity contribution in [2.24, 2.45) is 0 Å². The Labute approximate surface area is 124 Å². The Morgan fingerprint density at radius 2 is 1.95 bits per heavy atom. The van der Waals surface area contributed by atoms with Gasteiger partial charge in [-0.3, -0.25) is 4.90 Å². The topological polar surface area (TPSA) is 24.5 Å². The van der Waals surface area contributed by atoms with Gasteiger partial charge in [0.2, 0.25) is 0 Å². The van der Waals surface area contributed by atoms with Crippen LogP contribution in [0, 0.1) is 0 Å². The van der Waals surface area contributed by atoms with Crippen molar-refractivity contribution >= 4 is 0 Å². The fraction of sp³-hybridized carbons (Fsp3) is 1.00. The first-order chi connectivity index (χ1) is 9.67. The van der Waals surface area contributed by atoms with Gasteiger partial charge in [0.25, 0.3) is 0 Å². The van der Waals surface area contributed by atoms with Gasteiger partial charge >= 0.3 is 0 Å².